The SMILES string of the molecule is NCC1(c2cc(O)ccc2Cl)CCC1. The number of nitrogens with two attached hydrogens (primary N) is 1. The Bertz CT molecular complexity index is 342. The molecule has 1 aliphatic rings. The zero-order chi connectivity index (χ0) is 10.2. The third-order valence-electron chi connectivity index (χ3n) is 3.22. The quantitative estimate of drug-likeness (QED) is 0.789. The molecule has 2 rings (SSSR count). The van der Waals surface area contributed by atoms with Crippen LogP contribution in [0.3, 0.4) is 0 Å². The third kappa shape index (κ3) is 1.39. The number of aromatic hydroxyl groups is 1. The maximum absolute atomic E-state index is 9.42. The molecule has 0 amide bonds. The smallest absolute Gasteiger partial charge is 0.115 e. The Kier molecular flexibility index (Phi) is 2.41. The summed E-state index contributed by atoms with van der Waals surface area (Å²) in [6.45, 7) is 0.607. The Morgan fingerprint density at radius 1 is 1.43 bits per heavy atom. The third-order valence-corrected chi connectivity index (χ3v) is 3.55. The van der Waals surface area contributed by atoms with Gasteiger partial charge in [0.25, 0.3) is 0 Å². The van der Waals surface area contributed by atoms with E-state index in [4.69, 9.17) is 17.3 Å². The molecule has 0 spiro atoms. The minimum absolute atomic E-state index is 0.0236. The molecule has 0 radical (unpaired) electrons. The highest BCUT2D eigenvalue weighted by Crippen LogP contribution is 2.46. The fraction of sp³-hybridized carbons (Fsp3) is 0.455. The Hall–Kier alpha value is -0.730. The molecule has 3 heteroatoms. The largest absolute Gasteiger partial charge is 0.508 e. The van der Waals surface area contributed by atoms with Crippen LogP contribution in [0.2, 0.25) is 5.02 Å². The van der Waals surface area contributed by atoms with Gasteiger partial charge in [0.05, 0.1) is 0 Å². The van der Waals surface area contributed by atoms with E-state index in [1.54, 1.807) is 18.2 Å². The van der Waals surface area contributed by atoms with E-state index in [9.17, 15) is 5.11 Å². The molecule has 0 aromatic heterocycles. The van der Waals surface area contributed by atoms with Gasteiger partial charge in [-0.1, -0.05) is 18.0 Å². The predicted molar refractivity (Wildman–Crippen MR) is 57.7 cm³/mol. The normalized spacial score (nSPS) is 19.0. The molecule has 0 aliphatic heterocycles. The first kappa shape index (κ1) is 9.81. The topological polar surface area (TPSA) is 46.2 Å². The Balaban J connectivity index is 2.43. The molecule has 1 saturated carbocycles. The van der Waals surface area contributed by atoms with Gasteiger partial charge in [-0.15, -0.1) is 0 Å². The van der Waals surface area contributed by atoms with Crippen molar-refractivity contribution in [1.29, 1.82) is 0 Å². The minimum Gasteiger partial charge on any atom is -0.508 e. The van der Waals surface area contributed by atoms with Gasteiger partial charge in [0.15, 0.2) is 0 Å². The average Bonchev–Trinajstić information content (AvgIpc) is 2.10. The molecular weight excluding hydrogens is 198 g/mol. The van der Waals surface area contributed by atoms with Crippen molar-refractivity contribution in [3.05, 3.63) is 28.8 Å². The van der Waals surface area contributed by atoms with Crippen molar-refractivity contribution < 1.29 is 5.11 Å². The molecule has 1 aromatic rings. The van der Waals surface area contributed by atoms with Crippen LogP contribution in [-0.4, -0.2) is 11.7 Å². The van der Waals surface area contributed by atoms with E-state index in [1.165, 1.54) is 6.42 Å². The lowest BCUT2D eigenvalue weighted by Gasteiger charge is -2.42. The van der Waals surface area contributed by atoms with E-state index >= 15 is 0 Å². The van der Waals surface area contributed by atoms with Gasteiger partial charge in [0, 0.05) is 17.0 Å². The summed E-state index contributed by atoms with van der Waals surface area (Å²) in [6.07, 6.45) is 3.35. The second-order valence-electron chi connectivity index (χ2n) is 4.00. The lowest BCUT2D eigenvalue weighted by atomic mass is 9.64. The second kappa shape index (κ2) is 3.44. The minimum atomic E-state index is 0.0236. The summed E-state index contributed by atoms with van der Waals surface area (Å²) < 4.78 is 0. The van der Waals surface area contributed by atoms with Crippen molar-refractivity contribution >= 4 is 11.6 Å². The number of hydrogen-bond donors (Lipinski definition) is 2. The van der Waals surface area contributed by atoms with Crippen molar-refractivity contribution in [2.24, 2.45) is 5.73 Å². The number of halogens is 1. The van der Waals surface area contributed by atoms with E-state index in [0.717, 1.165) is 18.4 Å². The highest BCUT2D eigenvalue weighted by molar-refractivity contribution is 6.31. The van der Waals surface area contributed by atoms with Gasteiger partial charge in [0.2, 0.25) is 0 Å². The fourth-order valence-electron chi connectivity index (χ4n) is 2.11. The summed E-state index contributed by atoms with van der Waals surface area (Å²) in [5.74, 6) is 0.268. The van der Waals surface area contributed by atoms with Crippen LogP contribution in [0.1, 0.15) is 24.8 Å². The average molecular weight is 212 g/mol. The van der Waals surface area contributed by atoms with Crippen molar-refractivity contribution in [3.63, 3.8) is 0 Å². The molecule has 0 atom stereocenters. The molecule has 1 aliphatic carbocycles. The van der Waals surface area contributed by atoms with E-state index in [2.05, 4.69) is 0 Å². The van der Waals surface area contributed by atoms with Gasteiger partial charge in [-0.05, 0) is 36.6 Å². The monoisotopic (exact) mass is 211 g/mol. The number of benzene rings is 1. The predicted octanol–water partition coefficient (Wildman–Crippen LogP) is 2.43. The summed E-state index contributed by atoms with van der Waals surface area (Å²) >= 11 is 6.11. The molecule has 0 saturated heterocycles. The molecule has 76 valence electrons. The first-order valence-electron chi connectivity index (χ1n) is 4.87. The maximum atomic E-state index is 9.42. The molecule has 0 bridgehead atoms. The zero-order valence-corrected chi connectivity index (χ0v) is 8.72. The zero-order valence-electron chi connectivity index (χ0n) is 7.96. The number of phenols is 1. The summed E-state index contributed by atoms with van der Waals surface area (Å²) in [5.41, 5.74) is 6.81. The van der Waals surface area contributed by atoms with Gasteiger partial charge >= 0.3 is 0 Å². The van der Waals surface area contributed by atoms with Crippen molar-refractivity contribution in [1.82, 2.24) is 0 Å². The van der Waals surface area contributed by atoms with Gasteiger partial charge < -0.3 is 10.8 Å². The number of phenolic OH excluding ortho intramolecular Hbond substituents is 1. The summed E-state index contributed by atoms with van der Waals surface area (Å²) in [6, 6.07) is 5.09. The molecule has 0 unspecified atom stereocenters. The summed E-state index contributed by atoms with van der Waals surface area (Å²) in [4.78, 5) is 0. The second-order valence-corrected chi connectivity index (χ2v) is 4.41. The molecule has 0 heterocycles. The maximum Gasteiger partial charge on any atom is 0.115 e. The van der Waals surface area contributed by atoms with E-state index in [0.29, 0.717) is 11.6 Å². The lowest BCUT2D eigenvalue weighted by Crippen LogP contribution is -2.41. The van der Waals surface area contributed by atoms with Crippen LogP contribution in [-0.2, 0) is 5.41 Å². The van der Waals surface area contributed by atoms with E-state index in [1.807, 2.05) is 0 Å². The Morgan fingerprint density at radius 2 is 2.14 bits per heavy atom. The van der Waals surface area contributed by atoms with Crippen LogP contribution >= 0.6 is 11.6 Å². The van der Waals surface area contributed by atoms with Gasteiger partial charge in [-0.2, -0.15) is 0 Å². The fourth-order valence-corrected chi connectivity index (χ4v) is 2.42. The number of hydrogen-bond acceptors (Lipinski definition) is 2. The summed E-state index contributed by atoms with van der Waals surface area (Å²) in [5, 5.41) is 10.1. The molecular formula is C11H14ClNO. The van der Waals surface area contributed by atoms with Crippen LogP contribution in [0.15, 0.2) is 18.2 Å². The Morgan fingerprint density at radius 3 is 2.64 bits per heavy atom. The van der Waals surface area contributed by atoms with Gasteiger partial charge in [-0.25, -0.2) is 0 Å². The standard InChI is InChI=1S/C11H14ClNO/c12-10-3-2-8(14)6-9(10)11(7-13)4-1-5-11/h2-3,6,14H,1,4-5,7,13H2. The van der Waals surface area contributed by atoms with Crippen molar-refractivity contribution in [2.45, 2.75) is 24.7 Å². The highest BCUT2D eigenvalue weighted by atomic mass is 35.5. The van der Waals surface area contributed by atoms with Crippen LogP contribution in [0, 0.1) is 0 Å². The molecule has 14 heavy (non-hydrogen) atoms. The highest BCUT2D eigenvalue weighted by Gasteiger charge is 2.38. The van der Waals surface area contributed by atoms with Crippen molar-refractivity contribution in [2.75, 3.05) is 6.54 Å². The van der Waals surface area contributed by atoms with Crippen LogP contribution in [0.5, 0.6) is 5.75 Å². The molecule has 3 N–H and O–H groups in total. The molecule has 1 fully saturated rings. The first-order valence-corrected chi connectivity index (χ1v) is 5.25. The Labute approximate surface area is 88.7 Å². The van der Waals surface area contributed by atoms with E-state index in [-0.39, 0.29) is 11.2 Å². The lowest BCUT2D eigenvalue weighted by molar-refractivity contribution is 0.252. The van der Waals surface area contributed by atoms with E-state index < -0.39 is 0 Å². The number of rotatable bonds is 2. The summed E-state index contributed by atoms with van der Waals surface area (Å²) in [7, 11) is 0. The molecule has 1 aromatic carbocycles. The van der Waals surface area contributed by atoms with Crippen LogP contribution < -0.4 is 5.73 Å². The van der Waals surface area contributed by atoms with Crippen molar-refractivity contribution in [3.8, 4) is 5.75 Å². The first-order chi connectivity index (χ1) is 6.68. The van der Waals surface area contributed by atoms with Gasteiger partial charge in [-0.3, -0.25) is 0 Å². The molecule has 2 nitrogen and oxygen atoms in total. The van der Waals surface area contributed by atoms with Gasteiger partial charge in [0.1, 0.15) is 5.75 Å². The van der Waals surface area contributed by atoms with Crippen LogP contribution in [0.4, 0.5) is 0 Å². The van der Waals surface area contributed by atoms with Crippen LogP contribution in [0.25, 0.3) is 0 Å².